The van der Waals surface area contributed by atoms with E-state index in [1.165, 1.54) is 26.0 Å². The molecule has 0 spiro atoms. The summed E-state index contributed by atoms with van der Waals surface area (Å²) in [7, 11) is 0. The molecule has 0 radical (unpaired) electrons. The summed E-state index contributed by atoms with van der Waals surface area (Å²) >= 11 is 6.16. The summed E-state index contributed by atoms with van der Waals surface area (Å²) in [5.41, 5.74) is -9.31. The second-order valence-electron chi connectivity index (χ2n) is 8.82. The molecule has 0 bridgehead atoms. The van der Waals surface area contributed by atoms with Crippen molar-refractivity contribution in [3.05, 3.63) is 52.1 Å². The van der Waals surface area contributed by atoms with E-state index in [9.17, 15) is 40.3 Å². The van der Waals surface area contributed by atoms with Crippen molar-refractivity contribution in [1.82, 2.24) is 5.32 Å². The topological polar surface area (TPSA) is 82.0 Å². The Kier molecular flexibility index (Phi) is 7.91. The van der Waals surface area contributed by atoms with Crippen LogP contribution in [0.1, 0.15) is 31.9 Å². The lowest BCUT2D eigenvalue weighted by atomic mass is 9.81. The number of anilines is 1. The predicted molar refractivity (Wildman–Crippen MR) is 117 cm³/mol. The quantitative estimate of drug-likeness (QED) is 0.453. The predicted octanol–water partition coefficient (Wildman–Crippen LogP) is 5.96. The number of nitriles is 1. The molecule has 2 rings (SSSR count). The fourth-order valence-electron chi connectivity index (χ4n) is 3.56. The summed E-state index contributed by atoms with van der Waals surface area (Å²) in [6.45, 7) is 5.48. The molecule has 0 saturated heterocycles. The molecular weight excluding hydrogens is 519 g/mol. The van der Waals surface area contributed by atoms with Crippen LogP contribution < -0.4 is 10.6 Å². The number of nitrogens with one attached hydrogen (secondary N) is 2. The smallest absolute Gasteiger partial charge is 0.334 e. The number of benzene rings is 1. The lowest BCUT2D eigenvalue weighted by molar-refractivity contribution is -0.348. The van der Waals surface area contributed by atoms with Gasteiger partial charge in [0.1, 0.15) is 5.54 Å². The highest BCUT2D eigenvalue weighted by Crippen LogP contribution is 2.53. The summed E-state index contributed by atoms with van der Waals surface area (Å²) in [6.07, 6.45) is -9.65. The first-order chi connectivity index (χ1) is 16.3. The van der Waals surface area contributed by atoms with E-state index in [0.29, 0.717) is 12.1 Å². The summed E-state index contributed by atoms with van der Waals surface area (Å²) in [4.78, 5) is 25.9. The number of nitrogens with zero attached hydrogens (tertiary/aromatic N) is 1. The zero-order valence-electron chi connectivity index (χ0n) is 19.3. The van der Waals surface area contributed by atoms with Crippen molar-refractivity contribution < 1.29 is 40.3 Å². The first-order valence-corrected chi connectivity index (χ1v) is 10.7. The lowest BCUT2D eigenvalue weighted by Crippen LogP contribution is -2.50. The third kappa shape index (κ3) is 5.51. The van der Waals surface area contributed by atoms with Crippen molar-refractivity contribution >= 4 is 29.1 Å². The molecule has 1 aromatic carbocycles. The van der Waals surface area contributed by atoms with Crippen LogP contribution in [0.4, 0.5) is 36.4 Å². The SMILES string of the molecule is Cc1cc(C(F)(C(F)(F)F)C(F)(F)F)ccc1NC(=O)C1C(C(=O)NC(C)(C)C#N)=C(Cl)C=CC1C. The van der Waals surface area contributed by atoms with Crippen LogP contribution in [-0.2, 0) is 15.3 Å². The fourth-order valence-corrected chi connectivity index (χ4v) is 3.84. The Morgan fingerprint density at radius 1 is 1.06 bits per heavy atom. The van der Waals surface area contributed by atoms with Crippen LogP contribution in [0.25, 0.3) is 0 Å². The Morgan fingerprint density at radius 2 is 1.61 bits per heavy atom. The summed E-state index contributed by atoms with van der Waals surface area (Å²) < 4.78 is 92.8. The maximum Gasteiger partial charge on any atom is 0.435 e. The van der Waals surface area contributed by atoms with Gasteiger partial charge in [0.05, 0.1) is 12.0 Å². The molecule has 196 valence electrons. The minimum absolute atomic E-state index is 0.0934. The van der Waals surface area contributed by atoms with E-state index in [1.807, 2.05) is 6.07 Å². The van der Waals surface area contributed by atoms with E-state index >= 15 is 0 Å². The van der Waals surface area contributed by atoms with Crippen LogP contribution in [0, 0.1) is 30.1 Å². The molecule has 0 aromatic heterocycles. The van der Waals surface area contributed by atoms with E-state index in [0.717, 1.165) is 6.92 Å². The third-order valence-electron chi connectivity index (χ3n) is 5.54. The van der Waals surface area contributed by atoms with E-state index in [-0.39, 0.29) is 27.9 Å². The number of carbonyl (C=O) groups is 2. The number of allylic oxidation sites excluding steroid dienone is 3. The van der Waals surface area contributed by atoms with Gasteiger partial charge < -0.3 is 10.6 Å². The second kappa shape index (κ2) is 9.76. The molecule has 2 N–H and O–H groups in total. The van der Waals surface area contributed by atoms with Crippen LogP contribution in [0.5, 0.6) is 0 Å². The average Bonchev–Trinajstić information content (AvgIpc) is 2.73. The van der Waals surface area contributed by atoms with Gasteiger partial charge in [0.25, 0.3) is 5.91 Å². The largest absolute Gasteiger partial charge is 0.435 e. The minimum Gasteiger partial charge on any atom is -0.334 e. The average molecular weight is 540 g/mol. The van der Waals surface area contributed by atoms with Gasteiger partial charge >= 0.3 is 18.0 Å². The molecule has 1 aromatic rings. The highest BCUT2D eigenvalue weighted by molar-refractivity contribution is 6.34. The molecule has 13 heteroatoms. The molecule has 0 fully saturated rings. The number of aryl methyl sites for hydroxylation is 1. The molecule has 2 amide bonds. The second-order valence-corrected chi connectivity index (χ2v) is 9.23. The normalized spacial score (nSPS) is 19.1. The zero-order valence-corrected chi connectivity index (χ0v) is 20.1. The lowest BCUT2D eigenvalue weighted by Gasteiger charge is -2.31. The van der Waals surface area contributed by atoms with Crippen molar-refractivity contribution in [3.8, 4) is 6.07 Å². The third-order valence-corrected chi connectivity index (χ3v) is 5.87. The first-order valence-electron chi connectivity index (χ1n) is 10.3. The van der Waals surface area contributed by atoms with Gasteiger partial charge in [-0.05, 0) is 44.4 Å². The molecule has 5 nitrogen and oxygen atoms in total. The van der Waals surface area contributed by atoms with E-state index in [1.54, 1.807) is 6.92 Å². The monoisotopic (exact) mass is 539 g/mol. The molecule has 0 saturated carbocycles. The fraction of sp³-hybridized carbons (Fsp3) is 0.435. The number of carbonyl (C=O) groups excluding carboxylic acids is 2. The van der Waals surface area contributed by atoms with Crippen molar-refractivity contribution in [2.45, 2.75) is 51.3 Å². The highest BCUT2D eigenvalue weighted by Gasteiger charge is 2.73. The molecular formula is C23H21ClF7N3O2. The van der Waals surface area contributed by atoms with E-state index in [2.05, 4.69) is 10.6 Å². The molecule has 1 aliphatic rings. The van der Waals surface area contributed by atoms with Crippen LogP contribution in [0.2, 0.25) is 0 Å². The van der Waals surface area contributed by atoms with E-state index in [4.69, 9.17) is 16.9 Å². The maximum atomic E-state index is 14.4. The van der Waals surface area contributed by atoms with Gasteiger partial charge in [-0.15, -0.1) is 0 Å². The number of hydrogen-bond donors (Lipinski definition) is 2. The van der Waals surface area contributed by atoms with Gasteiger partial charge in [-0.3, -0.25) is 9.59 Å². The van der Waals surface area contributed by atoms with Crippen molar-refractivity contribution in [2.24, 2.45) is 11.8 Å². The van der Waals surface area contributed by atoms with Gasteiger partial charge in [-0.2, -0.15) is 31.6 Å². The number of halogens is 8. The Labute approximate surface area is 207 Å². The molecule has 1 aliphatic carbocycles. The molecule has 0 aliphatic heterocycles. The standard InChI is InChI=1S/C23H21ClF7N3O2/c1-11-5-7-14(24)17(19(36)34-20(3,4)10-32)16(11)18(35)33-15-8-6-13(9-12(15)2)21(25,22(26,27)28)23(29,30)31/h5-9,11,16H,1-4H3,(H,33,35)(H,34,36). The Bertz CT molecular complexity index is 1150. The van der Waals surface area contributed by atoms with Crippen molar-refractivity contribution in [1.29, 1.82) is 5.26 Å². The Hall–Kier alpha value is -3.07. The number of rotatable bonds is 5. The van der Waals surface area contributed by atoms with E-state index < -0.39 is 52.8 Å². The van der Waals surface area contributed by atoms with Crippen LogP contribution >= 0.6 is 11.6 Å². The van der Waals surface area contributed by atoms with Gasteiger partial charge in [0.15, 0.2) is 0 Å². The van der Waals surface area contributed by atoms with Crippen molar-refractivity contribution in [2.75, 3.05) is 5.32 Å². The molecule has 2 atom stereocenters. The summed E-state index contributed by atoms with van der Waals surface area (Å²) in [6, 6.07) is 3.19. The first kappa shape index (κ1) is 29.2. The van der Waals surface area contributed by atoms with Gasteiger partial charge in [-0.25, -0.2) is 4.39 Å². The number of hydrogen-bond acceptors (Lipinski definition) is 3. The van der Waals surface area contributed by atoms with Gasteiger partial charge in [0, 0.05) is 21.9 Å². The molecule has 36 heavy (non-hydrogen) atoms. The van der Waals surface area contributed by atoms with Crippen LogP contribution in [0.15, 0.2) is 41.0 Å². The van der Waals surface area contributed by atoms with Crippen LogP contribution in [0.3, 0.4) is 0 Å². The van der Waals surface area contributed by atoms with Crippen molar-refractivity contribution in [3.63, 3.8) is 0 Å². The van der Waals surface area contributed by atoms with Crippen LogP contribution in [-0.4, -0.2) is 29.7 Å². The maximum absolute atomic E-state index is 14.4. The minimum atomic E-state index is -6.28. The zero-order chi connectivity index (χ0) is 27.9. The number of alkyl halides is 7. The number of amides is 2. The highest BCUT2D eigenvalue weighted by atomic mass is 35.5. The summed E-state index contributed by atoms with van der Waals surface area (Å²) in [5, 5.41) is 13.9. The summed E-state index contributed by atoms with van der Waals surface area (Å²) in [5.74, 6) is -3.49. The van der Waals surface area contributed by atoms with Gasteiger partial charge in [-0.1, -0.05) is 36.7 Å². The Balaban J connectivity index is 2.43. The van der Waals surface area contributed by atoms with Gasteiger partial charge in [0.2, 0.25) is 5.91 Å². The molecule has 2 unspecified atom stereocenters. The molecule has 0 heterocycles. The Morgan fingerprint density at radius 3 is 2.08 bits per heavy atom.